The molecule has 3 atom stereocenters. The van der Waals surface area contributed by atoms with Crippen LogP contribution in [-0.4, -0.2) is 63.5 Å². The van der Waals surface area contributed by atoms with Crippen LogP contribution in [0.2, 0.25) is 0 Å². The molecular formula is C20H22F3N3O4. The Kier molecular flexibility index (Phi) is 7.22. The molecular weight excluding hydrogens is 403 g/mol. The van der Waals surface area contributed by atoms with E-state index < -0.39 is 12.1 Å². The van der Waals surface area contributed by atoms with E-state index in [4.69, 9.17) is 19.4 Å². The minimum absolute atomic E-state index is 0.0341. The summed E-state index contributed by atoms with van der Waals surface area (Å²) < 4.78 is 43.9. The molecule has 0 aromatic carbocycles. The highest BCUT2D eigenvalue weighted by Gasteiger charge is 2.45. The van der Waals surface area contributed by atoms with Gasteiger partial charge >= 0.3 is 12.1 Å². The van der Waals surface area contributed by atoms with Gasteiger partial charge in [0.25, 0.3) is 0 Å². The number of fused-ring (bicyclic) bond motifs is 1. The molecule has 2 saturated heterocycles. The second kappa shape index (κ2) is 9.86. The summed E-state index contributed by atoms with van der Waals surface area (Å²) in [6, 6.07) is 10.3. The summed E-state index contributed by atoms with van der Waals surface area (Å²) in [5.41, 5.74) is 1.23. The van der Waals surface area contributed by atoms with E-state index in [1.54, 1.807) is 6.20 Å². The number of likely N-dealkylation sites (tertiary alicyclic amines) is 1. The Hall–Kier alpha value is -2.72. The van der Waals surface area contributed by atoms with Crippen LogP contribution < -0.4 is 4.74 Å². The zero-order valence-corrected chi connectivity index (χ0v) is 16.0. The molecule has 0 aliphatic carbocycles. The lowest BCUT2D eigenvalue weighted by Crippen LogP contribution is -2.42. The van der Waals surface area contributed by atoms with E-state index in [2.05, 4.69) is 20.9 Å². The number of hydrogen-bond donors (Lipinski definition) is 1. The molecule has 4 heterocycles. The van der Waals surface area contributed by atoms with Crippen molar-refractivity contribution in [2.45, 2.75) is 43.8 Å². The number of carboxylic acids is 1. The summed E-state index contributed by atoms with van der Waals surface area (Å²) in [6.07, 6.45) is 2.86. The van der Waals surface area contributed by atoms with Gasteiger partial charge in [0.15, 0.2) is 0 Å². The Morgan fingerprint density at radius 3 is 2.70 bits per heavy atom. The summed E-state index contributed by atoms with van der Waals surface area (Å²) in [5.74, 6) is -2.08. The van der Waals surface area contributed by atoms with Crippen LogP contribution in [0.5, 0.6) is 5.88 Å². The van der Waals surface area contributed by atoms with Gasteiger partial charge in [-0.05, 0) is 30.5 Å². The highest BCUT2D eigenvalue weighted by molar-refractivity contribution is 5.73. The molecule has 0 spiro atoms. The SMILES string of the molecule is O=C(O)C(F)(F)F.c1ccc(O[C@@H]2CN(Cc3cccnc3)[C@@H]3CCCO[C@@H]32)nc1. The second-order valence-electron chi connectivity index (χ2n) is 6.96. The number of aliphatic carboxylic acids is 1. The molecule has 10 heteroatoms. The standard InChI is InChI=1S/C18H21N3O2.C2HF3O2/c1-2-9-20-17(7-1)23-16-13-21(12-14-5-3-8-19-11-14)15-6-4-10-22-18(15)16;3-2(4,5)1(6)7/h1-3,5,7-9,11,15-16,18H,4,6,10,12-13H2;(H,6,7)/t15-,16-,18+;/m1./s1. The number of pyridine rings is 2. The van der Waals surface area contributed by atoms with E-state index in [9.17, 15) is 13.2 Å². The number of alkyl halides is 3. The molecule has 4 rings (SSSR count). The molecule has 2 fully saturated rings. The maximum Gasteiger partial charge on any atom is 0.490 e. The molecule has 0 radical (unpaired) electrons. The van der Waals surface area contributed by atoms with Gasteiger partial charge in [0.1, 0.15) is 12.2 Å². The first-order valence-corrected chi connectivity index (χ1v) is 9.47. The summed E-state index contributed by atoms with van der Waals surface area (Å²) in [6.45, 7) is 2.57. The number of nitrogens with zero attached hydrogens (tertiary/aromatic N) is 3. The molecule has 0 saturated carbocycles. The fourth-order valence-corrected chi connectivity index (χ4v) is 3.59. The van der Waals surface area contributed by atoms with Crippen molar-refractivity contribution in [1.82, 2.24) is 14.9 Å². The van der Waals surface area contributed by atoms with E-state index in [1.165, 1.54) is 5.56 Å². The lowest BCUT2D eigenvalue weighted by molar-refractivity contribution is -0.192. The van der Waals surface area contributed by atoms with Crippen molar-refractivity contribution in [1.29, 1.82) is 0 Å². The number of carboxylic acid groups (broad SMARTS) is 1. The maximum atomic E-state index is 10.6. The van der Waals surface area contributed by atoms with Crippen LogP contribution in [0.15, 0.2) is 48.9 Å². The largest absolute Gasteiger partial charge is 0.490 e. The number of ether oxygens (including phenoxy) is 2. The number of halogens is 3. The number of aromatic nitrogens is 2. The van der Waals surface area contributed by atoms with Crippen LogP contribution in [0, 0.1) is 0 Å². The lowest BCUT2D eigenvalue weighted by Gasteiger charge is -2.32. The quantitative estimate of drug-likeness (QED) is 0.806. The van der Waals surface area contributed by atoms with Crippen molar-refractivity contribution in [2.24, 2.45) is 0 Å². The van der Waals surface area contributed by atoms with Gasteiger partial charge < -0.3 is 14.6 Å². The van der Waals surface area contributed by atoms with Crippen molar-refractivity contribution >= 4 is 5.97 Å². The first kappa shape index (κ1) is 22.0. The predicted octanol–water partition coefficient (Wildman–Crippen LogP) is 2.92. The molecule has 0 bridgehead atoms. The van der Waals surface area contributed by atoms with Crippen molar-refractivity contribution in [3.63, 3.8) is 0 Å². The third kappa shape index (κ3) is 5.90. The van der Waals surface area contributed by atoms with E-state index >= 15 is 0 Å². The average Bonchev–Trinajstić information content (AvgIpc) is 3.07. The zero-order chi connectivity index (χ0) is 21.6. The minimum atomic E-state index is -5.08. The molecule has 30 heavy (non-hydrogen) atoms. The molecule has 7 nitrogen and oxygen atoms in total. The van der Waals surface area contributed by atoms with Crippen LogP contribution in [0.3, 0.4) is 0 Å². The van der Waals surface area contributed by atoms with Gasteiger partial charge in [-0.1, -0.05) is 12.1 Å². The molecule has 162 valence electrons. The van der Waals surface area contributed by atoms with E-state index in [0.29, 0.717) is 11.9 Å². The monoisotopic (exact) mass is 425 g/mol. The van der Waals surface area contributed by atoms with Gasteiger partial charge in [0.2, 0.25) is 5.88 Å². The molecule has 2 aliphatic heterocycles. The summed E-state index contributed by atoms with van der Waals surface area (Å²) >= 11 is 0. The number of carbonyl (C=O) groups is 1. The maximum absolute atomic E-state index is 10.6. The summed E-state index contributed by atoms with van der Waals surface area (Å²) in [7, 11) is 0. The molecule has 1 N–H and O–H groups in total. The summed E-state index contributed by atoms with van der Waals surface area (Å²) in [4.78, 5) is 19.9. The Morgan fingerprint density at radius 1 is 1.27 bits per heavy atom. The van der Waals surface area contributed by atoms with Crippen molar-refractivity contribution < 1.29 is 32.5 Å². The molecule has 0 unspecified atom stereocenters. The van der Waals surface area contributed by atoms with Crippen LogP contribution in [0.1, 0.15) is 18.4 Å². The van der Waals surface area contributed by atoms with Crippen LogP contribution in [-0.2, 0) is 16.1 Å². The van der Waals surface area contributed by atoms with Crippen LogP contribution >= 0.6 is 0 Å². The smallest absolute Gasteiger partial charge is 0.475 e. The van der Waals surface area contributed by atoms with E-state index in [-0.39, 0.29) is 12.2 Å². The predicted molar refractivity (Wildman–Crippen MR) is 99.8 cm³/mol. The second-order valence-corrected chi connectivity index (χ2v) is 6.96. The van der Waals surface area contributed by atoms with Crippen molar-refractivity contribution in [3.05, 3.63) is 54.5 Å². The van der Waals surface area contributed by atoms with Crippen LogP contribution in [0.4, 0.5) is 13.2 Å². The van der Waals surface area contributed by atoms with Gasteiger partial charge in [-0.15, -0.1) is 0 Å². The van der Waals surface area contributed by atoms with E-state index in [1.807, 2.05) is 36.7 Å². The lowest BCUT2D eigenvalue weighted by atomic mass is 10.0. The molecule has 0 amide bonds. The Bertz CT molecular complexity index is 752. The third-order valence-corrected chi connectivity index (χ3v) is 4.84. The van der Waals surface area contributed by atoms with Gasteiger partial charge in [-0.2, -0.15) is 13.2 Å². The Labute approximate surface area is 171 Å². The number of hydrogen-bond acceptors (Lipinski definition) is 6. The highest BCUT2D eigenvalue weighted by Crippen LogP contribution is 2.32. The zero-order valence-electron chi connectivity index (χ0n) is 16.0. The minimum Gasteiger partial charge on any atom is -0.475 e. The summed E-state index contributed by atoms with van der Waals surface area (Å²) in [5, 5.41) is 7.12. The fourth-order valence-electron chi connectivity index (χ4n) is 3.59. The Balaban J connectivity index is 0.000000318. The normalized spacial score (nSPS) is 23.8. The third-order valence-electron chi connectivity index (χ3n) is 4.84. The highest BCUT2D eigenvalue weighted by atomic mass is 19.4. The van der Waals surface area contributed by atoms with Crippen molar-refractivity contribution in [3.8, 4) is 5.88 Å². The first-order valence-electron chi connectivity index (χ1n) is 9.47. The van der Waals surface area contributed by atoms with Gasteiger partial charge in [-0.25, -0.2) is 9.78 Å². The van der Waals surface area contributed by atoms with Gasteiger partial charge in [0, 0.05) is 50.4 Å². The Morgan fingerprint density at radius 2 is 2.07 bits per heavy atom. The van der Waals surface area contributed by atoms with Crippen molar-refractivity contribution in [2.75, 3.05) is 13.2 Å². The topological polar surface area (TPSA) is 84.8 Å². The van der Waals surface area contributed by atoms with Gasteiger partial charge in [-0.3, -0.25) is 9.88 Å². The number of rotatable bonds is 4. The molecule has 2 aromatic rings. The average molecular weight is 425 g/mol. The molecule has 2 aromatic heterocycles. The van der Waals surface area contributed by atoms with Gasteiger partial charge in [0.05, 0.1) is 0 Å². The van der Waals surface area contributed by atoms with E-state index in [0.717, 1.165) is 32.5 Å². The first-order chi connectivity index (χ1) is 14.3. The van der Waals surface area contributed by atoms with Crippen LogP contribution in [0.25, 0.3) is 0 Å². The molecule has 2 aliphatic rings. The fraction of sp³-hybridized carbons (Fsp3) is 0.450.